The minimum Gasteiger partial charge on any atom is -0.379 e. The zero-order valence-corrected chi connectivity index (χ0v) is 17.2. The Hall–Kier alpha value is -1.65. The van der Waals surface area contributed by atoms with Crippen LogP contribution >= 0.6 is 24.0 Å². The van der Waals surface area contributed by atoms with Gasteiger partial charge in [-0.05, 0) is 25.1 Å². The molecule has 1 aromatic heterocycles. The maximum atomic E-state index is 5.94. The summed E-state index contributed by atoms with van der Waals surface area (Å²) in [5.74, 6) is 0.481. The average molecular weight is 470 g/mol. The van der Waals surface area contributed by atoms with Gasteiger partial charge in [-0.1, -0.05) is 18.2 Å². The van der Waals surface area contributed by atoms with Crippen molar-refractivity contribution in [1.82, 2.24) is 20.0 Å². The van der Waals surface area contributed by atoms with Gasteiger partial charge in [0.05, 0.1) is 31.6 Å². The van der Waals surface area contributed by atoms with Crippen LogP contribution in [0.3, 0.4) is 0 Å². The lowest BCUT2D eigenvalue weighted by atomic mass is 10.3. The summed E-state index contributed by atoms with van der Waals surface area (Å²) in [5.41, 5.74) is 8.00. The Kier molecular flexibility index (Phi) is 8.86. The Balaban J connectivity index is 0.00000243. The first kappa shape index (κ1) is 20.7. The molecule has 0 radical (unpaired) electrons. The van der Waals surface area contributed by atoms with Crippen LogP contribution in [0.1, 0.15) is 12.0 Å². The monoisotopic (exact) mass is 470 g/mol. The van der Waals surface area contributed by atoms with Gasteiger partial charge in [0.2, 0.25) is 0 Å². The van der Waals surface area contributed by atoms with E-state index in [1.165, 1.54) is 0 Å². The number of rotatable bonds is 7. The molecule has 0 bridgehead atoms. The van der Waals surface area contributed by atoms with Crippen LogP contribution in [-0.2, 0) is 11.3 Å². The highest BCUT2D eigenvalue weighted by atomic mass is 127. The second-order valence-electron chi connectivity index (χ2n) is 6.06. The molecule has 0 aliphatic carbocycles. The fourth-order valence-corrected chi connectivity index (χ4v) is 2.74. The van der Waals surface area contributed by atoms with E-state index in [1.807, 2.05) is 47.4 Å². The van der Waals surface area contributed by atoms with E-state index in [4.69, 9.17) is 10.5 Å². The highest BCUT2D eigenvalue weighted by Gasteiger charge is 2.09. The Morgan fingerprint density at radius 1 is 1.23 bits per heavy atom. The highest BCUT2D eigenvalue weighted by molar-refractivity contribution is 14.0. The molecule has 0 amide bonds. The molecule has 3 rings (SSSR count). The van der Waals surface area contributed by atoms with Gasteiger partial charge in [0.1, 0.15) is 0 Å². The standard InChI is InChI=1S/C18H26N6O.HI/c19-18(20-7-4-8-23-9-11-25-12-10-23)21-13-16-14-22-24(15-16)17-5-2-1-3-6-17;/h1-3,5-6,14-15H,4,7-13H2,(H3,19,20,21);1H. The van der Waals surface area contributed by atoms with Crippen molar-refractivity contribution in [3.05, 3.63) is 48.3 Å². The normalized spacial score (nSPS) is 15.5. The van der Waals surface area contributed by atoms with Gasteiger partial charge >= 0.3 is 0 Å². The molecular formula is C18H27IN6O. The molecule has 26 heavy (non-hydrogen) atoms. The number of nitrogens with one attached hydrogen (secondary N) is 1. The minimum atomic E-state index is 0. The summed E-state index contributed by atoms with van der Waals surface area (Å²) < 4.78 is 7.19. The Labute approximate surface area is 171 Å². The number of para-hydroxylation sites is 1. The second kappa shape index (κ2) is 11.1. The lowest BCUT2D eigenvalue weighted by Gasteiger charge is -2.26. The predicted octanol–water partition coefficient (Wildman–Crippen LogP) is 1.62. The van der Waals surface area contributed by atoms with Crippen LogP contribution in [0, 0.1) is 0 Å². The molecule has 7 nitrogen and oxygen atoms in total. The van der Waals surface area contributed by atoms with Crippen molar-refractivity contribution in [2.24, 2.45) is 10.7 Å². The van der Waals surface area contributed by atoms with E-state index in [2.05, 4.69) is 20.3 Å². The highest BCUT2D eigenvalue weighted by Crippen LogP contribution is 2.08. The molecule has 8 heteroatoms. The van der Waals surface area contributed by atoms with Gasteiger partial charge in [0.15, 0.2) is 5.96 Å². The number of guanidine groups is 1. The van der Waals surface area contributed by atoms with Crippen molar-refractivity contribution in [3.8, 4) is 5.69 Å². The van der Waals surface area contributed by atoms with Gasteiger partial charge in [-0.2, -0.15) is 5.10 Å². The first-order valence-corrected chi connectivity index (χ1v) is 8.74. The fourth-order valence-electron chi connectivity index (χ4n) is 2.74. The summed E-state index contributed by atoms with van der Waals surface area (Å²) in [6, 6.07) is 10.0. The van der Waals surface area contributed by atoms with Gasteiger partial charge in [0, 0.05) is 31.4 Å². The molecule has 142 valence electrons. The second-order valence-corrected chi connectivity index (χ2v) is 6.06. The van der Waals surface area contributed by atoms with Crippen LogP contribution in [0.25, 0.3) is 5.69 Å². The number of aliphatic imine (C=N–C) groups is 1. The Morgan fingerprint density at radius 3 is 2.77 bits per heavy atom. The number of benzene rings is 1. The number of morpholine rings is 1. The van der Waals surface area contributed by atoms with E-state index < -0.39 is 0 Å². The summed E-state index contributed by atoms with van der Waals surface area (Å²) in [6.45, 7) is 6.14. The first-order valence-electron chi connectivity index (χ1n) is 8.74. The number of halogens is 1. The summed E-state index contributed by atoms with van der Waals surface area (Å²) in [5, 5.41) is 7.54. The molecule has 1 aromatic carbocycles. The number of nitrogens with zero attached hydrogens (tertiary/aromatic N) is 4. The largest absolute Gasteiger partial charge is 0.379 e. The molecule has 1 fully saturated rings. The van der Waals surface area contributed by atoms with Gasteiger partial charge < -0.3 is 15.8 Å². The van der Waals surface area contributed by atoms with Crippen molar-refractivity contribution in [1.29, 1.82) is 0 Å². The summed E-state index contributed by atoms with van der Waals surface area (Å²) in [6.07, 6.45) is 4.84. The maximum absolute atomic E-state index is 5.94. The first-order chi connectivity index (χ1) is 12.3. The van der Waals surface area contributed by atoms with Crippen LogP contribution in [0.5, 0.6) is 0 Å². The molecule has 1 saturated heterocycles. The van der Waals surface area contributed by atoms with Gasteiger partial charge in [-0.3, -0.25) is 4.90 Å². The average Bonchev–Trinajstić information content (AvgIpc) is 3.14. The van der Waals surface area contributed by atoms with E-state index in [0.29, 0.717) is 12.5 Å². The van der Waals surface area contributed by atoms with Crippen LogP contribution in [0.2, 0.25) is 0 Å². The predicted molar refractivity (Wildman–Crippen MR) is 114 cm³/mol. The zero-order chi connectivity index (χ0) is 17.3. The smallest absolute Gasteiger partial charge is 0.188 e. The molecule has 2 aromatic rings. The third kappa shape index (κ3) is 6.58. The van der Waals surface area contributed by atoms with Crippen molar-refractivity contribution < 1.29 is 4.74 Å². The Bertz CT molecular complexity index is 669. The topological polar surface area (TPSA) is 80.7 Å². The molecular weight excluding hydrogens is 443 g/mol. The third-order valence-electron chi connectivity index (χ3n) is 4.15. The summed E-state index contributed by atoms with van der Waals surface area (Å²) >= 11 is 0. The summed E-state index contributed by atoms with van der Waals surface area (Å²) in [4.78, 5) is 6.80. The Morgan fingerprint density at radius 2 is 2.00 bits per heavy atom. The number of aromatic nitrogens is 2. The quantitative estimate of drug-likeness (QED) is 0.278. The van der Waals surface area contributed by atoms with Crippen molar-refractivity contribution in [2.75, 3.05) is 39.4 Å². The number of nitrogens with two attached hydrogens (primary N) is 1. The lowest BCUT2D eigenvalue weighted by molar-refractivity contribution is 0.0376. The number of hydrogen-bond acceptors (Lipinski definition) is 4. The van der Waals surface area contributed by atoms with Crippen LogP contribution < -0.4 is 11.1 Å². The van der Waals surface area contributed by atoms with Crippen LogP contribution in [0.15, 0.2) is 47.7 Å². The summed E-state index contributed by atoms with van der Waals surface area (Å²) in [7, 11) is 0. The van der Waals surface area contributed by atoms with Crippen molar-refractivity contribution in [2.45, 2.75) is 13.0 Å². The molecule has 2 heterocycles. The van der Waals surface area contributed by atoms with E-state index in [-0.39, 0.29) is 24.0 Å². The molecule has 1 aliphatic rings. The van der Waals surface area contributed by atoms with Gasteiger partial charge in [-0.15, -0.1) is 24.0 Å². The number of hydrogen-bond donors (Lipinski definition) is 2. The van der Waals surface area contributed by atoms with Crippen molar-refractivity contribution >= 4 is 29.9 Å². The van der Waals surface area contributed by atoms with Gasteiger partial charge in [-0.25, -0.2) is 9.67 Å². The van der Waals surface area contributed by atoms with E-state index >= 15 is 0 Å². The van der Waals surface area contributed by atoms with Crippen molar-refractivity contribution in [3.63, 3.8) is 0 Å². The van der Waals surface area contributed by atoms with E-state index in [9.17, 15) is 0 Å². The van der Waals surface area contributed by atoms with E-state index in [0.717, 1.165) is 57.1 Å². The third-order valence-corrected chi connectivity index (χ3v) is 4.15. The maximum Gasteiger partial charge on any atom is 0.188 e. The molecule has 3 N–H and O–H groups in total. The molecule has 0 spiro atoms. The zero-order valence-electron chi connectivity index (χ0n) is 14.9. The molecule has 0 atom stereocenters. The van der Waals surface area contributed by atoms with Crippen LogP contribution in [0.4, 0.5) is 0 Å². The molecule has 0 unspecified atom stereocenters. The van der Waals surface area contributed by atoms with E-state index in [1.54, 1.807) is 0 Å². The SMILES string of the molecule is I.NC(=NCc1cnn(-c2ccccc2)c1)NCCCN1CCOCC1. The van der Waals surface area contributed by atoms with Gasteiger partial charge in [0.25, 0.3) is 0 Å². The van der Waals surface area contributed by atoms with Crippen LogP contribution in [-0.4, -0.2) is 60.0 Å². The molecule has 0 saturated carbocycles. The minimum absolute atomic E-state index is 0. The fraction of sp³-hybridized carbons (Fsp3) is 0.444. The lowest BCUT2D eigenvalue weighted by Crippen LogP contribution is -2.39. The molecule has 1 aliphatic heterocycles. The number of ether oxygens (including phenoxy) is 1.